The van der Waals surface area contributed by atoms with Gasteiger partial charge in [-0.15, -0.1) is 0 Å². The van der Waals surface area contributed by atoms with E-state index in [-0.39, 0.29) is 10.9 Å². The van der Waals surface area contributed by atoms with Crippen LogP contribution in [0.3, 0.4) is 0 Å². The Kier molecular flexibility index (Phi) is 4.18. The number of sulfonamides is 1. The number of para-hydroxylation sites is 1. The van der Waals surface area contributed by atoms with Crippen molar-refractivity contribution in [2.75, 3.05) is 17.8 Å². The smallest absolute Gasteiger partial charge is 0.265 e. The maximum atomic E-state index is 12.7. The fraction of sp³-hybridized carbons (Fsp3) is 0.312. The lowest BCUT2D eigenvalue weighted by atomic mass is 10.1. The molecule has 1 aromatic carbocycles. The number of aromatic nitrogens is 3. The molecule has 3 N–H and O–H groups in total. The van der Waals surface area contributed by atoms with Gasteiger partial charge in [0, 0.05) is 17.8 Å². The van der Waals surface area contributed by atoms with Gasteiger partial charge in [0.25, 0.3) is 10.0 Å². The Labute approximate surface area is 150 Å². The van der Waals surface area contributed by atoms with Gasteiger partial charge in [0.05, 0.1) is 28.5 Å². The monoisotopic (exact) mass is 379 g/mol. The quantitative estimate of drug-likeness (QED) is 0.650. The molecule has 25 heavy (non-hydrogen) atoms. The summed E-state index contributed by atoms with van der Waals surface area (Å²) >= 11 is 6.10. The zero-order valence-electron chi connectivity index (χ0n) is 13.4. The van der Waals surface area contributed by atoms with Crippen molar-refractivity contribution in [1.82, 2.24) is 20.1 Å². The van der Waals surface area contributed by atoms with Gasteiger partial charge in [-0.25, -0.2) is 8.42 Å². The second kappa shape index (κ2) is 6.36. The third-order valence-electron chi connectivity index (χ3n) is 4.48. The molecule has 9 heteroatoms. The van der Waals surface area contributed by atoms with Crippen LogP contribution in [0.5, 0.6) is 0 Å². The van der Waals surface area contributed by atoms with Crippen LogP contribution < -0.4 is 10.0 Å². The van der Waals surface area contributed by atoms with Crippen molar-refractivity contribution >= 4 is 38.2 Å². The van der Waals surface area contributed by atoms with Crippen LogP contribution in [0.25, 0.3) is 10.9 Å². The Morgan fingerprint density at radius 2 is 2.08 bits per heavy atom. The van der Waals surface area contributed by atoms with E-state index in [1.165, 1.54) is 6.20 Å². The second-order valence-corrected chi connectivity index (χ2v) is 8.20. The summed E-state index contributed by atoms with van der Waals surface area (Å²) < 4.78 is 29.8. The van der Waals surface area contributed by atoms with Crippen LogP contribution in [0, 0.1) is 0 Å². The van der Waals surface area contributed by atoms with E-state index in [2.05, 4.69) is 20.1 Å². The van der Waals surface area contributed by atoms with Gasteiger partial charge < -0.3 is 10.3 Å². The van der Waals surface area contributed by atoms with E-state index in [1.807, 2.05) is 6.07 Å². The zero-order valence-corrected chi connectivity index (χ0v) is 14.9. The molecule has 0 atom stereocenters. The molecule has 132 valence electrons. The topological polar surface area (TPSA) is 91.8 Å². The van der Waals surface area contributed by atoms with Crippen molar-refractivity contribution in [2.45, 2.75) is 23.8 Å². The van der Waals surface area contributed by atoms with Gasteiger partial charge in [-0.2, -0.15) is 5.10 Å². The molecule has 2 aromatic heterocycles. The number of hydrogen-bond donors (Lipinski definition) is 3. The Bertz CT molecular complexity index is 1000. The van der Waals surface area contributed by atoms with Crippen LogP contribution in [0.15, 0.2) is 41.7 Å². The largest absolute Gasteiger partial charge is 0.358 e. The number of halogens is 1. The molecule has 1 aliphatic rings. The molecule has 1 fully saturated rings. The van der Waals surface area contributed by atoms with Crippen LogP contribution in [-0.2, 0) is 10.0 Å². The van der Waals surface area contributed by atoms with Gasteiger partial charge in [-0.1, -0.05) is 23.7 Å². The number of H-pyrrole nitrogens is 1. The van der Waals surface area contributed by atoms with Crippen LogP contribution in [0.1, 0.15) is 18.9 Å². The van der Waals surface area contributed by atoms with E-state index in [0.29, 0.717) is 16.2 Å². The summed E-state index contributed by atoms with van der Waals surface area (Å²) in [5, 5.41) is 8.86. The molecule has 0 unspecified atom stereocenters. The van der Waals surface area contributed by atoms with Crippen LogP contribution >= 0.6 is 11.6 Å². The molecule has 0 radical (unpaired) electrons. The molecule has 0 saturated carbocycles. The highest BCUT2D eigenvalue weighted by atomic mass is 35.5. The first-order chi connectivity index (χ1) is 12.0. The average molecular weight is 380 g/mol. The standard InChI is InChI=1S/C16H18ClN5O2S/c17-14-9-19-16-13(14)2-1-3-15(16)21-25(23,24)12-8-20-22(10-12)11-4-6-18-7-5-11/h1-3,8-11,18-19,21H,4-7H2. The van der Waals surface area contributed by atoms with Crippen molar-refractivity contribution in [3.8, 4) is 0 Å². The molecule has 4 rings (SSSR count). The molecule has 0 spiro atoms. The Morgan fingerprint density at radius 1 is 1.28 bits per heavy atom. The zero-order chi connectivity index (χ0) is 17.4. The number of hydrogen-bond acceptors (Lipinski definition) is 4. The summed E-state index contributed by atoms with van der Waals surface area (Å²) in [6, 6.07) is 5.53. The number of rotatable bonds is 4. The summed E-state index contributed by atoms with van der Waals surface area (Å²) in [5.74, 6) is 0. The molecule has 1 aliphatic heterocycles. The summed E-state index contributed by atoms with van der Waals surface area (Å²) in [5.41, 5.74) is 1.11. The van der Waals surface area contributed by atoms with Crippen molar-refractivity contribution in [1.29, 1.82) is 0 Å². The van der Waals surface area contributed by atoms with E-state index in [4.69, 9.17) is 11.6 Å². The van der Waals surface area contributed by atoms with E-state index >= 15 is 0 Å². The first-order valence-corrected chi connectivity index (χ1v) is 9.94. The molecule has 0 amide bonds. The number of anilines is 1. The number of piperidine rings is 1. The number of nitrogens with zero attached hydrogens (tertiary/aromatic N) is 2. The number of benzene rings is 1. The lowest BCUT2D eigenvalue weighted by molar-refractivity contribution is 0.342. The van der Waals surface area contributed by atoms with E-state index in [9.17, 15) is 8.42 Å². The third kappa shape index (κ3) is 3.12. The highest BCUT2D eigenvalue weighted by molar-refractivity contribution is 7.92. The predicted octanol–water partition coefficient (Wildman–Crippen LogP) is 2.74. The van der Waals surface area contributed by atoms with Crippen LogP contribution in [0.4, 0.5) is 5.69 Å². The highest BCUT2D eigenvalue weighted by Gasteiger charge is 2.22. The number of nitrogens with one attached hydrogen (secondary N) is 3. The maximum absolute atomic E-state index is 12.7. The first-order valence-electron chi connectivity index (χ1n) is 8.08. The number of fused-ring (bicyclic) bond motifs is 1. The summed E-state index contributed by atoms with van der Waals surface area (Å²) in [7, 11) is -3.73. The molecular weight excluding hydrogens is 362 g/mol. The van der Waals surface area contributed by atoms with Crippen LogP contribution in [0.2, 0.25) is 5.02 Å². The highest BCUT2D eigenvalue weighted by Crippen LogP contribution is 2.30. The summed E-state index contributed by atoms with van der Waals surface area (Å²) in [4.78, 5) is 3.15. The predicted molar refractivity (Wildman–Crippen MR) is 97.5 cm³/mol. The van der Waals surface area contributed by atoms with Crippen molar-refractivity contribution in [3.05, 3.63) is 41.8 Å². The van der Waals surface area contributed by atoms with E-state index < -0.39 is 10.0 Å². The summed E-state index contributed by atoms with van der Waals surface area (Å²) in [6.07, 6.45) is 6.51. The SMILES string of the molecule is O=S(=O)(Nc1cccc2c(Cl)c[nH]c12)c1cnn(C2CCNCC2)c1. The molecule has 1 saturated heterocycles. The molecule has 7 nitrogen and oxygen atoms in total. The molecule has 3 heterocycles. The number of aromatic amines is 1. The minimum absolute atomic E-state index is 0.153. The fourth-order valence-corrected chi connectivity index (χ4v) is 4.36. The molecule has 0 aliphatic carbocycles. The van der Waals surface area contributed by atoms with Crippen molar-refractivity contribution < 1.29 is 8.42 Å². The van der Waals surface area contributed by atoms with Gasteiger partial charge in [0.2, 0.25) is 0 Å². The van der Waals surface area contributed by atoms with E-state index in [0.717, 1.165) is 31.3 Å². The van der Waals surface area contributed by atoms with E-state index in [1.54, 1.807) is 29.2 Å². The Hall–Kier alpha value is -2.03. The minimum atomic E-state index is -3.73. The first kappa shape index (κ1) is 16.4. The molecule has 0 bridgehead atoms. The minimum Gasteiger partial charge on any atom is -0.358 e. The molecule has 3 aromatic rings. The lowest BCUT2D eigenvalue weighted by Crippen LogP contribution is -2.29. The normalized spacial score (nSPS) is 16.4. The Morgan fingerprint density at radius 3 is 2.88 bits per heavy atom. The van der Waals surface area contributed by atoms with Gasteiger partial charge in [0.1, 0.15) is 4.90 Å². The maximum Gasteiger partial charge on any atom is 0.265 e. The summed E-state index contributed by atoms with van der Waals surface area (Å²) in [6.45, 7) is 1.83. The van der Waals surface area contributed by atoms with Crippen molar-refractivity contribution in [2.24, 2.45) is 0 Å². The van der Waals surface area contributed by atoms with Gasteiger partial charge in [0.15, 0.2) is 0 Å². The van der Waals surface area contributed by atoms with Crippen molar-refractivity contribution in [3.63, 3.8) is 0 Å². The van der Waals surface area contributed by atoms with Gasteiger partial charge in [-0.3, -0.25) is 9.40 Å². The van der Waals surface area contributed by atoms with Gasteiger partial charge in [-0.05, 0) is 32.0 Å². The molecular formula is C16H18ClN5O2S. The average Bonchev–Trinajstić information content (AvgIpc) is 3.24. The second-order valence-electron chi connectivity index (χ2n) is 6.11. The Balaban J connectivity index is 1.62. The van der Waals surface area contributed by atoms with Crippen LogP contribution in [-0.4, -0.2) is 36.3 Å². The third-order valence-corrected chi connectivity index (χ3v) is 6.11. The van der Waals surface area contributed by atoms with Gasteiger partial charge >= 0.3 is 0 Å². The fourth-order valence-electron chi connectivity index (χ4n) is 3.14. The lowest BCUT2D eigenvalue weighted by Gasteiger charge is -2.22.